The summed E-state index contributed by atoms with van der Waals surface area (Å²) in [6.07, 6.45) is 2.19. The van der Waals surface area contributed by atoms with Crippen LogP contribution in [0.2, 0.25) is 0 Å². The third-order valence-electron chi connectivity index (χ3n) is 11.1. The molecule has 0 aromatic carbocycles. The molecule has 0 unspecified atom stereocenters. The van der Waals surface area contributed by atoms with Crippen molar-refractivity contribution < 1.29 is 63.3 Å². The third kappa shape index (κ3) is 23.8. The number of hydrogen-bond donors (Lipinski definition) is 17. The molecule has 30 heteroatoms. The zero-order valence-electron chi connectivity index (χ0n) is 40.9. The fourth-order valence-electron chi connectivity index (χ4n) is 6.58. The van der Waals surface area contributed by atoms with E-state index in [0.29, 0.717) is 12.1 Å². The molecule has 72 heavy (non-hydrogen) atoms. The van der Waals surface area contributed by atoms with Crippen molar-refractivity contribution in [3.05, 3.63) is 18.2 Å². The lowest BCUT2D eigenvalue weighted by molar-refractivity contribution is -0.143. The highest BCUT2D eigenvalue weighted by Crippen LogP contribution is 2.13. The van der Waals surface area contributed by atoms with Gasteiger partial charge in [0.15, 0.2) is 11.9 Å². The number of H-pyrrole nitrogens is 1. The summed E-state index contributed by atoms with van der Waals surface area (Å²) in [5, 5.41) is 48.8. The SMILES string of the molecule is CC[C@H](C)[C@H](NC(=O)CNC(=O)[C@H](CCCN=C(N)N)NC(=O)CN)C(=O)N[C@@H](CCC(=O)O)C(=O)N[C@@H](Cc1cnc[nH]1)C(=O)N[C@H](C(=O)N[C@@H](CO)C(=O)N[C@@H](CCCN=C(N)N)C(=O)O)[C@@H](C)CC. The predicted molar refractivity (Wildman–Crippen MR) is 258 cm³/mol. The van der Waals surface area contributed by atoms with E-state index in [1.165, 1.54) is 12.5 Å². The molecule has 30 nitrogen and oxygen atoms in total. The van der Waals surface area contributed by atoms with E-state index in [0.717, 1.165) is 0 Å². The highest BCUT2D eigenvalue weighted by atomic mass is 16.4. The lowest BCUT2D eigenvalue weighted by Crippen LogP contribution is -2.61. The minimum absolute atomic E-state index is 0.0639. The maximum Gasteiger partial charge on any atom is 0.326 e. The standard InChI is InChI=1S/C42H73N17O13/c1-5-21(3)32(58-30(62)18-51-34(65)24(53-29(61)16-43)9-7-13-49-41(44)45)38(69)54-25(11-12-31(63)64)35(66)56-27(15-23-17-48-20-52-23)36(67)59-33(22(4)6-2)39(70)57-28(19-60)37(68)55-26(40(71)72)10-8-14-50-42(46)47/h17,20-22,24-28,32-33,60H,5-16,18-19,43H2,1-4H3,(H,48,52)(H,51,65)(H,53,61)(H,54,69)(H,55,68)(H,56,66)(H,57,70)(H,58,62)(H,59,67)(H,63,64)(H,71,72)(H4,44,45,49)(H4,46,47,50)/t21-,22-,24-,25-,26-,27-,28-,32-,33-/m0/s1. The summed E-state index contributed by atoms with van der Waals surface area (Å²) in [6, 6.07) is -10.2. The van der Waals surface area contributed by atoms with Gasteiger partial charge in [-0.15, -0.1) is 0 Å². The Morgan fingerprint density at radius 2 is 1.11 bits per heavy atom. The number of carboxylic acid groups (broad SMARTS) is 2. The first-order valence-electron chi connectivity index (χ1n) is 23.2. The molecule has 0 fully saturated rings. The molecule has 0 bridgehead atoms. The highest BCUT2D eigenvalue weighted by Gasteiger charge is 2.36. The topological polar surface area (TPSA) is 511 Å². The van der Waals surface area contributed by atoms with E-state index in [1.54, 1.807) is 27.7 Å². The quantitative estimate of drug-likeness (QED) is 0.0171. The molecule has 8 amide bonds. The van der Waals surface area contributed by atoms with Crippen molar-refractivity contribution in [3.63, 3.8) is 0 Å². The molecule has 1 aromatic rings. The summed E-state index contributed by atoms with van der Waals surface area (Å²) < 4.78 is 0. The van der Waals surface area contributed by atoms with Crippen molar-refractivity contribution in [1.82, 2.24) is 52.5 Å². The molecule has 1 heterocycles. The number of amides is 8. The summed E-state index contributed by atoms with van der Waals surface area (Å²) in [6.45, 7) is 4.75. The molecular formula is C42H73N17O13. The van der Waals surface area contributed by atoms with Gasteiger partial charge in [-0.05, 0) is 43.9 Å². The first kappa shape index (κ1) is 62.4. The van der Waals surface area contributed by atoms with Gasteiger partial charge in [0.1, 0.15) is 42.3 Å². The maximum atomic E-state index is 14.1. The van der Waals surface area contributed by atoms with Gasteiger partial charge in [-0.2, -0.15) is 0 Å². The van der Waals surface area contributed by atoms with Crippen LogP contribution in [0.5, 0.6) is 0 Å². The van der Waals surface area contributed by atoms with Gasteiger partial charge < -0.3 is 91.5 Å². The molecule has 0 saturated heterocycles. The number of aromatic amines is 1. The van der Waals surface area contributed by atoms with Gasteiger partial charge in [-0.25, -0.2) is 9.78 Å². The van der Waals surface area contributed by atoms with Gasteiger partial charge in [0, 0.05) is 37.8 Å². The Morgan fingerprint density at radius 3 is 1.60 bits per heavy atom. The number of carbonyl (C=O) groups excluding carboxylic acids is 8. The lowest BCUT2D eigenvalue weighted by Gasteiger charge is -2.29. The van der Waals surface area contributed by atoms with Crippen molar-refractivity contribution in [2.24, 2.45) is 50.5 Å². The molecule has 1 rings (SSSR count). The number of aliphatic carboxylic acids is 2. The average molecular weight is 1020 g/mol. The summed E-state index contributed by atoms with van der Waals surface area (Å²) in [4.78, 5) is 145. The number of aliphatic hydroxyl groups excluding tert-OH is 1. The van der Waals surface area contributed by atoms with Crippen LogP contribution in [0.1, 0.15) is 84.8 Å². The van der Waals surface area contributed by atoms with E-state index < -0.39 is 146 Å². The maximum absolute atomic E-state index is 14.1. The minimum atomic E-state index is -1.68. The van der Waals surface area contributed by atoms with E-state index in [1.807, 2.05) is 0 Å². The summed E-state index contributed by atoms with van der Waals surface area (Å²) >= 11 is 0. The normalized spacial score (nSPS) is 14.6. The third-order valence-corrected chi connectivity index (χ3v) is 11.1. The summed E-state index contributed by atoms with van der Waals surface area (Å²) in [5.41, 5.74) is 27.0. The van der Waals surface area contributed by atoms with E-state index in [4.69, 9.17) is 28.7 Å². The van der Waals surface area contributed by atoms with E-state index in [2.05, 4.69) is 62.5 Å². The second-order valence-corrected chi connectivity index (χ2v) is 16.7. The average Bonchev–Trinajstić information content (AvgIpc) is 3.85. The number of carboxylic acids is 2. The molecule has 0 aliphatic heterocycles. The Morgan fingerprint density at radius 1 is 0.625 bits per heavy atom. The van der Waals surface area contributed by atoms with Gasteiger partial charge in [0.2, 0.25) is 47.3 Å². The number of nitrogens with zero attached hydrogens (tertiary/aromatic N) is 3. The van der Waals surface area contributed by atoms with Crippen LogP contribution in [0, 0.1) is 11.8 Å². The predicted octanol–water partition coefficient (Wildman–Crippen LogP) is -6.44. The molecule has 0 aliphatic carbocycles. The molecule has 0 saturated carbocycles. The second-order valence-electron chi connectivity index (χ2n) is 16.7. The van der Waals surface area contributed by atoms with Crippen LogP contribution in [-0.2, 0) is 54.4 Å². The van der Waals surface area contributed by atoms with Crippen LogP contribution in [0.15, 0.2) is 22.5 Å². The van der Waals surface area contributed by atoms with Crippen LogP contribution >= 0.6 is 0 Å². The van der Waals surface area contributed by atoms with Gasteiger partial charge in [-0.3, -0.25) is 53.1 Å². The first-order chi connectivity index (χ1) is 34.0. The largest absolute Gasteiger partial charge is 0.481 e. The second kappa shape index (κ2) is 33.0. The Bertz CT molecular complexity index is 2030. The summed E-state index contributed by atoms with van der Waals surface area (Å²) in [7, 11) is 0. The molecule has 0 spiro atoms. The molecule has 0 aliphatic rings. The van der Waals surface area contributed by atoms with Gasteiger partial charge in [0.05, 0.1) is 26.0 Å². The zero-order chi connectivity index (χ0) is 54.5. The van der Waals surface area contributed by atoms with Crippen molar-refractivity contribution in [3.8, 4) is 0 Å². The first-order valence-corrected chi connectivity index (χ1v) is 23.2. The number of aliphatic hydroxyl groups is 1. The Balaban J connectivity index is 3.36. The van der Waals surface area contributed by atoms with Crippen molar-refractivity contribution in [2.75, 3.05) is 32.8 Å². The highest BCUT2D eigenvalue weighted by molar-refractivity contribution is 5.98. The van der Waals surface area contributed by atoms with Crippen LogP contribution in [0.25, 0.3) is 0 Å². The van der Waals surface area contributed by atoms with Crippen LogP contribution < -0.4 is 71.2 Å². The molecule has 1 aromatic heterocycles. The van der Waals surface area contributed by atoms with E-state index >= 15 is 0 Å². The van der Waals surface area contributed by atoms with Crippen LogP contribution in [-0.4, -0.2) is 171 Å². The van der Waals surface area contributed by atoms with Crippen LogP contribution in [0.4, 0.5) is 0 Å². The van der Waals surface area contributed by atoms with Crippen LogP contribution in [0.3, 0.4) is 0 Å². The number of aromatic nitrogens is 2. The molecule has 9 atom stereocenters. The number of hydrogen-bond acceptors (Lipinski definition) is 15. The fourth-order valence-corrected chi connectivity index (χ4v) is 6.58. The van der Waals surface area contributed by atoms with Gasteiger partial charge >= 0.3 is 11.9 Å². The van der Waals surface area contributed by atoms with Crippen molar-refractivity contribution in [1.29, 1.82) is 0 Å². The van der Waals surface area contributed by atoms with E-state index in [-0.39, 0.29) is 63.5 Å². The monoisotopic (exact) mass is 1020 g/mol. The molecule has 22 N–H and O–H groups in total. The zero-order valence-corrected chi connectivity index (χ0v) is 40.9. The number of nitrogens with two attached hydrogens (primary N) is 5. The number of nitrogens with one attached hydrogen (secondary N) is 9. The Kier molecular flexibility index (Phi) is 28.6. The molecule has 404 valence electrons. The number of guanidine groups is 2. The van der Waals surface area contributed by atoms with Gasteiger partial charge in [-0.1, -0.05) is 40.5 Å². The van der Waals surface area contributed by atoms with Crippen molar-refractivity contribution in [2.45, 2.75) is 128 Å². The number of carbonyl (C=O) groups is 10. The number of aliphatic imine (C=N–C) groups is 2. The molecule has 0 radical (unpaired) electrons. The lowest BCUT2D eigenvalue weighted by atomic mass is 9.96. The smallest absolute Gasteiger partial charge is 0.326 e. The molecular weight excluding hydrogens is 951 g/mol. The number of imidazole rings is 1. The fraction of sp³-hybridized carbons (Fsp3) is 0.643. The van der Waals surface area contributed by atoms with Gasteiger partial charge in [0.25, 0.3) is 0 Å². The Hall–Kier alpha value is -7.63. The minimum Gasteiger partial charge on any atom is -0.481 e. The summed E-state index contributed by atoms with van der Waals surface area (Å²) in [5.74, 6) is -11.6. The Labute approximate surface area is 415 Å². The van der Waals surface area contributed by atoms with E-state index in [9.17, 15) is 63.3 Å². The van der Waals surface area contributed by atoms with Crippen molar-refractivity contribution >= 4 is 71.1 Å². The number of rotatable bonds is 35.